The molecule has 0 radical (unpaired) electrons. The van der Waals surface area contributed by atoms with E-state index in [-0.39, 0.29) is 17.4 Å². The summed E-state index contributed by atoms with van der Waals surface area (Å²) in [5.74, 6) is 1.03. The van der Waals surface area contributed by atoms with Gasteiger partial charge in [0.1, 0.15) is 28.9 Å². The Morgan fingerprint density at radius 2 is 1.86 bits per heavy atom. The molecule has 0 fully saturated rings. The van der Waals surface area contributed by atoms with Crippen LogP contribution in [0.15, 0.2) is 54.6 Å². The highest BCUT2D eigenvalue weighted by Gasteiger charge is 2.12. The Labute approximate surface area is 169 Å². The van der Waals surface area contributed by atoms with Gasteiger partial charge in [0.05, 0.1) is 12.3 Å². The predicted molar refractivity (Wildman–Crippen MR) is 110 cm³/mol. The van der Waals surface area contributed by atoms with Crippen LogP contribution in [0.5, 0.6) is 5.75 Å². The third kappa shape index (κ3) is 5.51. The molecule has 3 rings (SSSR count). The zero-order valence-corrected chi connectivity index (χ0v) is 16.4. The Hall–Kier alpha value is -3.48. The van der Waals surface area contributed by atoms with Gasteiger partial charge in [0.15, 0.2) is 0 Å². The highest BCUT2D eigenvalue weighted by atomic mass is 19.1. The summed E-state index contributed by atoms with van der Waals surface area (Å²) in [5.41, 5.74) is 1.54. The fourth-order valence-corrected chi connectivity index (χ4v) is 2.84. The van der Waals surface area contributed by atoms with Crippen molar-refractivity contribution in [1.82, 2.24) is 15.3 Å². The van der Waals surface area contributed by atoms with Crippen LogP contribution in [0.3, 0.4) is 0 Å². The van der Waals surface area contributed by atoms with E-state index in [1.54, 1.807) is 31.2 Å². The van der Waals surface area contributed by atoms with Gasteiger partial charge in [0.2, 0.25) is 0 Å². The Kier molecular flexibility index (Phi) is 6.73. The van der Waals surface area contributed by atoms with E-state index in [2.05, 4.69) is 20.6 Å². The average molecular weight is 394 g/mol. The number of aryl methyl sites for hydroxylation is 1. The van der Waals surface area contributed by atoms with E-state index in [4.69, 9.17) is 4.74 Å². The van der Waals surface area contributed by atoms with Crippen molar-refractivity contribution in [1.29, 1.82) is 0 Å². The number of nitrogens with zero attached hydrogens (tertiary/aromatic N) is 2. The fourth-order valence-electron chi connectivity index (χ4n) is 2.84. The van der Waals surface area contributed by atoms with E-state index < -0.39 is 0 Å². The molecule has 6 nitrogen and oxygen atoms in total. The molecule has 0 unspecified atom stereocenters. The fraction of sp³-hybridized carbons (Fsp3) is 0.227. The van der Waals surface area contributed by atoms with Crippen molar-refractivity contribution in [3.8, 4) is 5.75 Å². The lowest BCUT2D eigenvalue weighted by atomic mass is 10.1. The van der Waals surface area contributed by atoms with Gasteiger partial charge in [0.25, 0.3) is 5.91 Å². The molecule has 0 aliphatic carbocycles. The van der Waals surface area contributed by atoms with Gasteiger partial charge in [-0.05, 0) is 44.0 Å². The summed E-state index contributed by atoms with van der Waals surface area (Å²) >= 11 is 0. The van der Waals surface area contributed by atoms with Gasteiger partial charge in [-0.1, -0.05) is 30.3 Å². The highest BCUT2D eigenvalue weighted by molar-refractivity contribution is 5.93. The number of halogens is 1. The first-order valence-electron chi connectivity index (χ1n) is 9.43. The number of anilines is 2. The Bertz CT molecular complexity index is 994. The summed E-state index contributed by atoms with van der Waals surface area (Å²) in [5, 5.41) is 5.95. The molecule has 0 saturated heterocycles. The summed E-state index contributed by atoms with van der Waals surface area (Å²) in [6.07, 6.45) is 0.398. The minimum atomic E-state index is -0.340. The molecule has 1 aromatic heterocycles. The van der Waals surface area contributed by atoms with Crippen molar-refractivity contribution < 1.29 is 13.9 Å². The maximum Gasteiger partial charge on any atom is 0.270 e. The number of hydrogen-bond acceptors (Lipinski definition) is 5. The van der Waals surface area contributed by atoms with Gasteiger partial charge in [-0.15, -0.1) is 0 Å². The lowest BCUT2D eigenvalue weighted by Gasteiger charge is -2.13. The molecule has 2 aromatic carbocycles. The average Bonchev–Trinajstić information content (AvgIpc) is 2.70. The monoisotopic (exact) mass is 394 g/mol. The van der Waals surface area contributed by atoms with E-state index in [0.29, 0.717) is 42.5 Å². The minimum absolute atomic E-state index is 0.238. The first-order chi connectivity index (χ1) is 14.1. The van der Waals surface area contributed by atoms with Crippen molar-refractivity contribution in [2.75, 3.05) is 18.5 Å². The van der Waals surface area contributed by atoms with Crippen LogP contribution in [0.25, 0.3) is 0 Å². The van der Waals surface area contributed by atoms with Gasteiger partial charge in [-0.25, -0.2) is 14.4 Å². The second kappa shape index (κ2) is 9.64. The number of rotatable bonds is 8. The molecule has 0 atom stereocenters. The summed E-state index contributed by atoms with van der Waals surface area (Å²) < 4.78 is 19.3. The number of carbonyl (C=O) groups excluding carboxylic acids is 1. The molecule has 1 heterocycles. The van der Waals surface area contributed by atoms with E-state index in [1.807, 2.05) is 31.2 Å². The smallest absolute Gasteiger partial charge is 0.270 e. The van der Waals surface area contributed by atoms with Crippen LogP contribution in [-0.4, -0.2) is 29.0 Å². The molecule has 0 aliphatic rings. The van der Waals surface area contributed by atoms with E-state index in [9.17, 15) is 9.18 Å². The minimum Gasteiger partial charge on any atom is -0.492 e. The van der Waals surface area contributed by atoms with Crippen LogP contribution in [0, 0.1) is 12.7 Å². The Morgan fingerprint density at radius 1 is 1.10 bits per heavy atom. The first kappa shape index (κ1) is 20.3. The molecule has 0 aliphatic heterocycles. The number of nitrogens with one attached hydrogen (secondary N) is 2. The quantitative estimate of drug-likeness (QED) is 0.603. The van der Waals surface area contributed by atoms with Crippen LogP contribution < -0.4 is 15.4 Å². The molecule has 3 aromatic rings. The molecule has 29 heavy (non-hydrogen) atoms. The van der Waals surface area contributed by atoms with Crippen LogP contribution in [0.2, 0.25) is 0 Å². The summed E-state index contributed by atoms with van der Waals surface area (Å²) in [7, 11) is 0. The molecule has 7 heteroatoms. The topological polar surface area (TPSA) is 76.1 Å². The number of para-hydroxylation sites is 2. The molecule has 0 saturated carbocycles. The van der Waals surface area contributed by atoms with Crippen molar-refractivity contribution in [3.05, 3.63) is 77.5 Å². The van der Waals surface area contributed by atoms with E-state index in [0.717, 1.165) is 5.69 Å². The van der Waals surface area contributed by atoms with Crippen LogP contribution >= 0.6 is 0 Å². The number of ether oxygens (including phenoxy) is 1. The van der Waals surface area contributed by atoms with E-state index in [1.165, 1.54) is 6.07 Å². The van der Waals surface area contributed by atoms with Crippen molar-refractivity contribution in [2.24, 2.45) is 0 Å². The van der Waals surface area contributed by atoms with Crippen molar-refractivity contribution in [2.45, 2.75) is 20.3 Å². The molecule has 2 N–H and O–H groups in total. The zero-order valence-electron chi connectivity index (χ0n) is 16.4. The predicted octanol–water partition coefficient (Wildman–Crippen LogP) is 4.04. The number of hydrogen-bond donors (Lipinski definition) is 2. The van der Waals surface area contributed by atoms with E-state index >= 15 is 0 Å². The van der Waals surface area contributed by atoms with Gasteiger partial charge in [0, 0.05) is 12.6 Å². The molecule has 0 bridgehead atoms. The number of amides is 1. The lowest BCUT2D eigenvalue weighted by Crippen LogP contribution is -2.27. The maximum atomic E-state index is 13.7. The van der Waals surface area contributed by atoms with Crippen LogP contribution in [-0.2, 0) is 6.42 Å². The summed E-state index contributed by atoms with van der Waals surface area (Å²) in [4.78, 5) is 21.1. The SMILES string of the molecule is CCOc1ccccc1Nc1cc(C(=O)NCCc2ccccc2F)nc(C)n1. The molecule has 150 valence electrons. The van der Waals surface area contributed by atoms with Gasteiger partial charge in [-0.3, -0.25) is 4.79 Å². The van der Waals surface area contributed by atoms with Gasteiger partial charge in [-0.2, -0.15) is 0 Å². The summed E-state index contributed by atoms with van der Waals surface area (Å²) in [6.45, 7) is 4.47. The highest BCUT2D eigenvalue weighted by Crippen LogP contribution is 2.26. The number of benzene rings is 2. The largest absolute Gasteiger partial charge is 0.492 e. The van der Waals surface area contributed by atoms with Crippen LogP contribution in [0.4, 0.5) is 15.9 Å². The standard InChI is InChI=1S/C22H23FN4O2/c1-3-29-20-11-7-6-10-18(20)27-21-14-19(25-15(2)26-21)22(28)24-13-12-16-8-4-5-9-17(16)23/h4-11,14H,3,12-13H2,1-2H3,(H,24,28)(H,25,26,27). The molecule has 0 spiro atoms. The molecular weight excluding hydrogens is 371 g/mol. The van der Waals surface area contributed by atoms with Crippen molar-refractivity contribution >= 4 is 17.4 Å². The third-order valence-corrected chi connectivity index (χ3v) is 4.16. The lowest BCUT2D eigenvalue weighted by molar-refractivity contribution is 0.0948. The Morgan fingerprint density at radius 3 is 2.66 bits per heavy atom. The zero-order chi connectivity index (χ0) is 20.6. The summed E-state index contributed by atoms with van der Waals surface area (Å²) in [6, 6.07) is 15.6. The van der Waals surface area contributed by atoms with Gasteiger partial charge < -0.3 is 15.4 Å². The maximum absolute atomic E-state index is 13.7. The molecule has 1 amide bonds. The second-order valence-corrected chi connectivity index (χ2v) is 6.34. The van der Waals surface area contributed by atoms with Gasteiger partial charge >= 0.3 is 0 Å². The third-order valence-electron chi connectivity index (χ3n) is 4.16. The normalized spacial score (nSPS) is 10.4. The van der Waals surface area contributed by atoms with Crippen molar-refractivity contribution in [3.63, 3.8) is 0 Å². The Balaban J connectivity index is 1.68. The number of aromatic nitrogens is 2. The number of carbonyl (C=O) groups is 1. The second-order valence-electron chi connectivity index (χ2n) is 6.34. The molecular formula is C22H23FN4O2. The first-order valence-corrected chi connectivity index (χ1v) is 9.43. The van der Waals surface area contributed by atoms with Crippen LogP contribution in [0.1, 0.15) is 28.8 Å².